The predicted octanol–water partition coefficient (Wildman–Crippen LogP) is 1.99. The van der Waals surface area contributed by atoms with E-state index in [4.69, 9.17) is 4.74 Å². The third-order valence-electron chi connectivity index (χ3n) is 4.42. The van der Waals surface area contributed by atoms with Gasteiger partial charge in [-0.1, -0.05) is 20.8 Å². The van der Waals surface area contributed by atoms with Gasteiger partial charge in [0, 0.05) is 19.1 Å². The van der Waals surface area contributed by atoms with Gasteiger partial charge in [0.25, 0.3) is 0 Å². The first kappa shape index (κ1) is 14.8. The van der Waals surface area contributed by atoms with Crippen LogP contribution < -0.4 is 5.32 Å². The summed E-state index contributed by atoms with van der Waals surface area (Å²) in [6, 6.07) is 0.0152. The first-order chi connectivity index (χ1) is 9.02. The van der Waals surface area contributed by atoms with E-state index in [9.17, 15) is 4.79 Å². The summed E-state index contributed by atoms with van der Waals surface area (Å²) in [4.78, 5) is 14.5. The molecule has 0 bridgehead atoms. The highest BCUT2D eigenvalue weighted by atomic mass is 16.5. The maximum atomic E-state index is 12.4. The van der Waals surface area contributed by atoms with Crippen molar-refractivity contribution in [2.75, 3.05) is 13.2 Å². The van der Waals surface area contributed by atoms with Gasteiger partial charge in [-0.05, 0) is 32.1 Å². The number of hydrogen-bond acceptors (Lipinski definition) is 3. The molecule has 1 amide bonds. The van der Waals surface area contributed by atoms with Crippen molar-refractivity contribution in [2.45, 2.75) is 65.3 Å². The molecule has 0 aromatic heterocycles. The second-order valence-corrected chi connectivity index (χ2v) is 6.39. The zero-order valence-corrected chi connectivity index (χ0v) is 12.7. The van der Waals surface area contributed by atoms with Crippen LogP contribution >= 0.6 is 0 Å². The zero-order valence-electron chi connectivity index (χ0n) is 12.7. The lowest BCUT2D eigenvalue weighted by molar-refractivity contribution is -0.131. The molecule has 110 valence electrons. The molecule has 19 heavy (non-hydrogen) atoms. The lowest BCUT2D eigenvalue weighted by atomic mass is 10.0. The molecule has 1 N–H and O–H groups in total. The number of carbonyl (C=O) groups is 1. The number of rotatable bonds is 5. The van der Waals surface area contributed by atoms with Crippen molar-refractivity contribution in [1.29, 1.82) is 0 Å². The quantitative estimate of drug-likeness (QED) is 0.829. The van der Waals surface area contributed by atoms with Crippen LogP contribution in [-0.4, -0.2) is 42.3 Å². The van der Waals surface area contributed by atoms with Crippen molar-refractivity contribution < 1.29 is 9.53 Å². The molecule has 0 spiro atoms. The van der Waals surface area contributed by atoms with Crippen molar-refractivity contribution in [2.24, 2.45) is 11.8 Å². The second kappa shape index (κ2) is 6.23. The summed E-state index contributed by atoms with van der Waals surface area (Å²) in [7, 11) is 0. The van der Waals surface area contributed by atoms with Gasteiger partial charge in [-0.2, -0.15) is 0 Å². The lowest BCUT2D eigenvalue weighted by Gasteiger charge is -2.29. The minimum Gasteiger partial charge on any atom is -0.378 e. The third kappa shape index (κ3) is 3.29. The van der Waals surface area contributed by atoms with Crippen LogP contribution in [0.5, 0.6) is 0 Å². The van der Waals surface area contributed by atoms with Gasteiger partial charge >= 0.3 is 0 Å². The van der Waals surface area contributed by atoms with E-state index in [0.29, 0.717) is 11.8 Å². The Balaban J connectivity index is 2.02. The van der Waals surface area contributed by atoms with Gasteiger partial charge in [-0.15, -0.1) is 0 Å². The Hall–Kier alpha value is -0.610. The van der Waals surface area contributed by atoms with E-state index in [-0.39, 0.29) is 24.2 Å². The zero-order chi connectivity index (χ0) is 14.0. The maximum absolute atomic E-state index is 12.4. The topological polar surface area (TPSA) is 41.6 Å². The fourth-order valence-corrected chi connectivity index (χ4v) is 3.17. The van der Waals surface area contributed by atoms with Crippen LogP contribution in [0, 0.1) is 11.8 Å². The van der Waals surface area contributed by atoms with E-state index in [2.05, 4.69) is 37.9 Å². The highest BCUT2D eigenvalue weighted by Crippen LogP contribution is 2.26. The Morgan fingerprint density at radius 2 is 2.21 bits per heavy atom. The molecule has 2 rings (SSSR count). The van der Waals surface area contributed by atoms with E-state index in [1.165, 1.54) is 0 Å². The molecule has 4 heteroatoms. The summed E-state index contributed by atoms with van der Waals surface area (Å²) in [5.41, 5.74) is 0. The Morgan fingerprint density at radius 1 is 1.47 bits per heavy atom. The molecule has 4 nitrogen and oxygen atoms in total. The van der Waals surface area contributed by atoms with Crippen LogP contribution in [0.1, 0.15) is 47.0 Å². The van der Waals surface area contributed by atoms with E-state index < -0.39 is 0 Å². The fourth-order valence-electron chi connectivity index (χ4n) is 3.17. The van der Waals surface area contributed by atoms with Crippen molar-refractivity contribution in [3.63, 3.8) is 0 Å². The average Bonchev–Trinajstić information content (AvgIpc) is 2.87. The molecule has 0 aliphatic carbocycles. The number of amides is 1. The van der Waals surface area contributed by atoms with Crippen molar-refractivity contribution in [3.05, 3.63) is 0 Å². The number of nitrogens with zero attached hydrogens (tertiary/aromatic N) is 1. The summed E-state index contributed by atoms with van der Waals surface area (Å²) in [5, 5.41) is 3.50. The molecular weight excluding hydrogens is 240 g/mol. The molecule has 2 aliphatic heterocycles. The third-order valence-corrected chi connectivity index (χ3v) is 4.42. The van der Waals surface area contributed by atoms with Crippen LogP contribution in [0.2, 0.25) is 0 Å². The second-order valence-electron chi connectivity index (χ2n) is 6.39. The number of ether oxygens (including phenoxy) is 1. The van der Waals surface area contributed by atoms with E-state index in [1.807, 2.05) is 0 Å². The van der Waals surface area contributed by atoms with Crippen LogP contribution in [-0.2, 0) is 9.53 Å². The Bertz CT molecular complexity index is 319. The number of carbonyl (C=O) groups excluding carboxylic acids is 1. The molecule has 0 aromatic carbocycles. The summed E-state index contributed by atoms with van der Waals surface area (Å²) in [5.74, 6) is 1.38. The van der Waals surface area contributed by atoms with Crippen LogP contribution in [0.3, 0.4) is 0 Å². The SMILES string of the molecule is CCC1NC(CC(C)C)N(CC2CCOC2C)C1=O. The van der Waals surface area contributed by atoms with Crippen molar-refractivity contribution in [1.82, 2.24) is 10.2 Å². The van der Waals surface area contributed by atoms with Gasteiger partial charge in [-0.25, -0.2) is 0 Å². The predicted molar refractivity (Wildman–Crippen MR) is 75.7 cm³/mol. The summed E-state index contributed by atoms with van der Waals surface area (Å²) >= 11 is 0. The van der Waals surface area contributed by atoms with Gasteiger partial charge in [0.15, 0.2) is 0 Å². The highest BCUT2D eigenvalue weighted by molar-refractivity contribution is 5.84. The Morgan fingerprint density at radius 3 is 2.74 bits per heavy atom. The van der Waals surface area contributed by atoms with Crippen LogP contribution in [0.15, 0.2) is 0 Å². The van der Waals surface area contributed by atoms with Gasteiger partial charge < -0.3 is 9.64 Å². The first-order valence-electron chi connectivity index (χ1n) is 7.71. The fraction of sp³-hybridized carbons (Fsp3) is 0.933. The number of nitrogens with one attached hydrogen (secondary N) is 1. The van der Waals surface area contributed by atoms with Gasteiger partial charge in [0.1, 0.15) is 0 Å². The summed E-state index contributed by atoms with van der Waals surface area (Å²) in [6.07, 6.45) is 3.49. The minimum atomic E-state index is 0.0152. The maximum Gasteiger partial charge on any atom is 0.241 e. The first-order valence-corrected chi connectivity index (χ1v) is 7.71. The molecule has 0 aromatic rings. The Labute approximate surface area is 116 Å². The standard InChI is InChI=1S/C15H28N2O2/c1-5-13-15(18)17(14(16-13)8-10(2)3)9-12-6-7-19-11(12)4/h10-14,16H,5-9H2,1-4H3. The average molecular weight is 268 g/mol. The van der Waals surface area contributed by atoms with Gasteiger partial charge in [0.2, 0.25) is 5.91 Å². The lowest BCUT2D eigenvalue weighted by Crippen LogP contribution is -2.42. The highest BCUT2D eigenvalue weighted by Gasteiger charge is 2.40. The van der Waals surface area contributed by atoms with Crippen molar-refractivity contribution >= 4 is 5.91 Å². The van der Waals surface area contributed by atoms with E-state index >= 15 is 0 Å². The smallest absolute Gasteiger partial charge is 0.241 e. The molecular formula is C15H28N2O2. The van der Waals surface area contributed by atoms with Gasteiger partial charge in [0.05, 0.1) is 18.3 Å². The van der Waals surface area contributed by atoms with Crippen molar-refractivity contribution in [3.8, 4) is 0 Å². The molecule has 4 atom stereocenters. The van der Waals surface area contributed by atoms with Gasteiger partial charge in [-0.3, -0.25) is 10.1 Å². The van der Waals surface area contributed by atoms with Crippen LogP contribution in [0.25, 0.3) is 0 Å². The number of hydrogen-bond donors (Lipinski definition) is 1. The summed E-state index contributed by atoms with van der Waals surface area (Å²) in [6.45, 7) is 10.3. The molecule has 4 unspecified atom stereocenters. The molecule has 2 aliphatic rings. The summed E-state index contributed by atoms with van der Waals surface area (Å²) < 4.78 is 5.62. The van der Waals surface area contributed by atoms with E-state index in [1.54, 1.807) is 0 Å². The molecule has 2 heterocycles. The largest absolute Gasteiger partial charge is 0.378 e. The van der Waals surface area contributed by atoms with Crippen LogP contribution in [0.4, 0.5) is 0 Å². The molecule has 2 saturated heterocycles. The normalized spacial score (nSPS) is 35.6. The minimum absolute atomic E-state index is 0.0152. The monoisotopic (exact) mass is 268 g/mol. The van der Waals surface area contributed by atoms with E-state index in [0.717, 1.165) is 32.4 Å². The molecule has 2 fully saturated rings. The molecule has 0 radical (unpaired) electrons. The molecule has 0 saturated carbocycles. The Kier molecular flexibility index (Phi) is 4.85.